The van der Waals surface area contributed by atoms with Gasteiger partial charge < -0.3 is 20.3 Å². The molecular weight excluding hydrogens is 358 g/mol. The van der Waals surface area contributed by atoms with Gasteiger partial charge in [0.15, 0.2) is 0 Å². The van der Waals surface area contributed by atoms with Gasteiger partial charge in [-0.15, -0.1) is 0 Å². The Hall–Kier alpha value is -3.26. The van der Waals surface area contributed by atoms with E-state index in [1.165, 1.54) is 0 Å². The van der Waals surface area contributed by atoms with E-state index in [0.29, 0.717) is 24.1 Å². The molecule has 3 N–H and O–H groups in total. The molecule has 1 aromatic carbocycles. The predicted molar refractivity (Wildman–Crippen MR) is 103 cm³/mol. The van der Waals surface area contributed by atoms with E-state index in [4.69, 9.17) is 15.0 Å². The predicted octanol–water partition coefficient (Wildman–Crippen LogP) is 2.31. The quantitative estimate of drug-likeness (QED) is 0.615. The van der Waals surface area contributed by atoms with Gasteiger partial charge >= 0.3 is 0 Å². The van der Waals surface area contributed by atoms with E-state index in [9.17, 15) is 4.79 Å². The molecule has 3 rings (SSSR count). The molecule has 2 heterocycles. The number of carbonyl (C=O) groups excluding carboxylic acids is 1. The number of ether oxygens (including phenoxy) is 1. The minimum absolute atomic E-state index is 0.0488. The normalized spacial score (nSPS) is 12.0. The highest BCUT2D eigenvalue weighted by Crippen LogP contribution is 2.22. The highest BCUT2D eigenvalue weighted by Gasteiger charge is 2.18. The third-order valence-corrected chi connectivity index (χ3v) is 4.12. The number of aromatic nitrogens is 3. The standard InChI is InChI=1S/C20H23N5O3/c1-13(2)18(21)20(26)23-11-17-24-19(25-28-17)15-6-3-7-16(9-15)27-12-14-5-4-8-22-10-14/h3-10,13,18H,11-12,21H2,1-2H3,(H,23,26)/t18-/m0/s1. The second-order valence-electron chi connectivity index (χ2n) is 6.68. The van der Waals surface area contributed by atoms with Gasteiger partial charge in [0.05, 0.1) is 12.6 Å². The van der Waals surface area contributed by atoms with Crippen LogP contribution in [-0.4, -0.2) is 27.1 Å². The molecule has 0 fully saturated rings. The average Bonchev–Trinajstić information content (AvgIpc) is 3.20. The Balaban J connectivity index is 1.60. The molecule has 1 atom stereocenters. The Morgan fingerprint density at radius 1 is 1.29 bits per heavy atom. The molecule has 0 aliphatic rings. The van der Waals surface area contributed by atoms with Crippen molar-refractivity contribution in [3.05, 3.63) is 60.2 Å². The van der Waals surface area contributed by atoms with Crippen LogP contribution in [0.5, 0.6) is 5.75 Å². The zero-order chi connectivity index (χ0) is 19.9. The Labute approximate surface area is 163 Å². The molecule has 0 saturated heterocycles. The molecule has 0 bridgehead atoms. The molecule has 0 saturated carbocycles. The second-order valence-corrected chi connectivity index (χ2v) is 6.68. The van der Waals surface area contributed by atoms with E-state index in [1.807, 2.05) is 50.2 Å². The van der Waals surface area contributed by atoms with Crippen molar-refractivity contribution in [1.29, 1.82) is 0 Å². The van der Waals surface area contributed by atoms with Gasteiger partial charge in [-0.3, -0.25) is 9.78 Å². The summed E-state index contributed by atoms with van der Waals surface area (Å²) in [5.41, 5.74) is 7.54. The Bertz CT molecular complexity index is 911. The van der Waals surface area contributed by atoms with Gasteiger partial charge in [-0.2, -0.15) is 4.98 Å². The molecule has 0 aliphatic carbocycles. The molecule has 2 aromatic heterocycles. The fourth-order valence-corrected chi connectivity index (χ4v) is 2.40. The van der Waals surface area contributed by atoms with Gasteiger partial charge in [-0.05, 0) is 24.1 Å². The summed E-state index contributed by atoms with van der Waals surface area (Å²) in [6, 6.07) is 10.6. The minimum atomic E-state index is -0.573. The monoisotopic (exact) mass is 381 g/mol. The topological polar surface area (TPSA) is 116 Å². The maximum Gasteiger partial charge on any atom is 0.246 e. The first-order valence-corrected chi connectivity index (χ1v) is 9.01. The molecular formula is C20H23N5O3. The zero-order valence-corrected chi connectivity index (χ0v) is 15.8. The van der Waals surface area contributed by atoms with Crippen LogP contribution in [0.2, 0.25) is 0 Å². The Morgan fingerprint density at radius 2 is 2.14 bits per heavy atom. The van der Waals surface area contributed by atoms with Gasteiger partial charge in [-0.25, -0.2) is 0 Å². The lowest BCUT2D eigenvalue weighted by Gasteiger charge is -2.14. The van der Waals surface area contributed by atoms with Crippen LogP contribution in [-0.2, 0) is 17.9 Å². The number of hydrogen-bond acceptors (Lipinski definition) is 7. The maximum absolute atomic E-state index is 11.9. The summed E-state index contributed by atoms with van der Waals surface area (Å²) in [4.78, 5) is 20.3. The summed E-state index contributed by atoms with van der Waals surface area (Å²) in [7, 11) is 0. The van der Waals surface area contributed by atoms with E-state index in [-0.39, 0.29) is 18.4 Å². The number of nitrogens with two attached hydrogens (primary N) is 1. The summed E-state index contributed by atoms with van der Waals surface area (Å²) in [5.74, 6) is 1.21. The number of nitrogens with zero attached hydrogens (tertiary/aromatic N) is 3. The zero-order valence-electron chi connectivity index (χ0n) is 15.8. The molecule has 0 aliphatic heterocycles. The van der Waals surface area contributed by atoms with E-state index >= 15 is 0 Å². The van der Waals surface area contributed by atoms with Crippen molar-refractivity contribution in [3.8, 4) is 17.1 Å². The van der Waals surface area contributed by atoms with Gasteiger partial charge in [0, 0.05) is 23.5 Å². The Morgan fingerprint density at radius 3 is 2.89 bits per heavy atom. The van der Waals surface area contributed by atoms with E-state index in [1.54, 1.807) is 12.4 Å². The summed E-state index contributed by atoms with van der Waals surface area (Å²) in [6.45, 7) is 4.32. The number of hydrogen-bond donors (Lipinski definition) is 2. The molecule has 0 spiro atoms. The smallest absolute Gasteiger partial charge is 0.246 e. The third kappa shape index (κ3) is 5.14. The summed E-state index contributed by atoms with van der Waals surface area (Å²) < 4.78 is 11.0. The highest BCUT2D eigenvalue weighted by molar-refractivity contribution is 5.81. The number of pyridine rings is 1. The van der Waals surface area contributed by atoms with Crippen molar-refractivity contribution in [2.75, 3.05) is 0 Å². The van der Waals surface area contributed by atoms with E-state index < -0.39 is 6.04 Å². The van der Waals surface area contributed by atoms with Crippen molar-refractivity contribution in [3.63, 3.8) is 0 Å². The third-order valence-electron chi connectivity index (χ3n) is 4.12. The summed E-state index contributed by atoms with van der Waals surface area (Å²) in [6.07, 6.45) is 3.48. The number of amides is 1. The number of rotatable bonds is 8. The van der Waals surface area contributed by atoms with Crippen LogP contribution in [0.25, 0.3) is 11.4 Å². The number of nitrogens with one attached hydrogen (secondary N) is 1. The van der Waals surface area contributed by atoms with Crippen LogP contribution in [0.1, 0.15) is 25.3 Å². The highest BCUT2D eigenvalue weighted by atomic mass is 16.5. The van der Waals surface area contributed by atoms with E-state index in [0.717, 1.165) is 11.1 Å². The van der Waals surface area contributed by atoms with Crippen molar-refractivity contribution in [1.82, 2.24) is 20.4 Å². The first-order valence-electron chi connectivity index (χ1n) is 9.01. The van der Waals surface area contributed by atoms with Crippen molar-refractivity contribution >= 4 is 5.91 Å². The summed E-state index contributed by atoms with van der Waals surface area (Å²) >= 11 is 0. The van der Waals surface area contributed by atoms with Crippen LogP contribution >= 0.6 is 0 Å². The number of benzene rings is 1. The molecule has 28 heavy (non-hydrogen) atoms. The van der Waals surface area contributed by atoms with Crippen molar-refractivity contribution in [2.24, 2.45) is 11.7 Å². The lowest BCUT2D eigenvalue weighted by atomic mass is 10.1. The first kappa shape index (κ1) is 19.5. The molecule has 8 nitrogen and oxygen atoms in total. The van der Waals surface area contributed by atoms with Crippen LogP contribution in [0.4, 0.5) is 0 Å². The van der Waals surface area contributed by atoms with Gasteiger partial charge in [0.25, 0.3) is 0 Å². The maximum atomic E-state index is 11.9. The van der Waals surface area contributed by atoms with Gasteiger partial charge in [-0.1, -0.05) is 37.2 Å². The lowest BCUT2D eigenvalue weighted by Crippen LogP contribution is -2.43. The fraction of sp³-hybridized carbons (Fsp3) is 0.300. The molecule has 8 heteroatoms. The largest absolute Gasteiger partial charge is 0.489 e. The van der Waals surface area contributed by atoms with Gasteiger partial charge in [0.1, 0.15) is 12.4 Å². The SMILES string of the molecule is CC(C)[C@H](N)C(=O)NCc1nc(-c2cccc(OCc3cccnc3)c2)no1. The van der Waals surface area contributed by atoms with Crippen LogP contribution in [0.3, 0.4) is 0 Å². The average molecular weight is 381 g/mol. The first-order chi connectivity index (χ1) is 13.5. The molecule has 3 aromatic rings. The van der Waals surface area contributed by atoms with Crippen LogP contribution in [0.15, 0.2) is 53.3 Å². The van der Waals surface area contributed by atoms with Crippen LogP contribution < -0.4 is 15.8 Å². The molecule has 146 valence electrons. The second kappa shape index (κ2) is 9.09. The van der Waals surface area contributed by atoms with E-state index in [2.05, 4.69) is 20.4 Å². The van der Waals surface area contributed by atoms with Crippen molar-refractivity contribution < 1.29 is 14.1 Å². The molecule has 0 radical (unpaired) electrons. The molecule has 1 amide bonds. The minimum Gasteiger partial charge on any atom is -0.489 e. The summed E-state index contributed by atoms with van der Waals surface area (Å²) in [5, 5.41) is 6.67. The molecule has 0 unspecified atom stereocenters. The fourth-order valence-electron chi connectivity index (χ4n) is 2.40. The Kier molecular flexibility index (Phi) is 6.33. The van der Waals surface area contributed by atoms with Crippen molar-refractivity contribution in [2.45, 2.75) is 33.0 Å². The lowest BCUT2D eigenvalue weighted by molar-refractivity contribution is -0.123. The van der Waals surface area contributed by atoms with Crippen LogP contribution in [0, 0.1) is 5.92 Å². The van der Waals surface area contributed by atoms with Gasteiger partial charge in [0.2, 0.25) is 17.6 Å². The number of carbonyl (C=O) groups is 1.